The fourth-order valence-electron chi connectivity index (χ4n) is 3.00. The van der Waals surface area contributed by atoms with Gasteiger partial charge in [-0.2, -0.15) is 5.26 Å². The van der Waals surface area contributed by atoms with Gasteiger partial charge in [-0.1, -0.05) is 35.9 Å². The molecule has 31 heavy (non-hydrogen) atoms. The zero-order valence-corrected chi connectivity index (χ0v) is 17.7. The second-order valence-electron chi connectivity index (χ2n) is 6.47. The van der Waals surface area contributed by atoms with E-state index in [0.717, 1.165) is 16.7 Å². The van der Waals surface area contributed by atoms with Crippen LogP contribution >= 0.6 is 23.4 Å². The van der Waals surface area contributed by atoms with Crippen molar-refractivity contribution in [2.24, 2.45) is 0 Å². The summed E-state index contributed by atoms with van der Waals surface area (Å²) >= 11 is 6.89. The van der Waals surface area contributed by atoms with Gasteiger partial charge in [0.1, 0.15) is 23.9 Å². The average Bonchev–Trinajstić information content (AvgIpc) is 3.35. The number of hydrogen-bond donors (Lipinski definition) is 0. The Balaban J connectivity index is 1.45. The van der Waals surface area contributed by atoms with Crippen LogP contribution in [-0.4, -0.2) is 29.2 Å². The topological polar surface area (TPSA) is 83.5 Å². The van der Waals surface area contributed by atoms with Crippen molar-refractivity contribution in [2.45, 2.75) is 0 Å². The normalized spacial score (nSPS) is 14.8. The number of furan rings is 1. The van der Waals surface area contributed by atoms with Crippen LogP contribution in [0.15, 0.2) is 70.0 Å². The van der Waals surface area contributed by atoms with Gasteiger partial charge in [0.25, 0.3) is 11.1 Å². The molecule has 0 spiro atoms. The lowest BCUT2D eigenvalue weighted by atomic mass is 10.1. The van der Waals surface area contributed by atoms with Crippen molar-refractivity contribution in [3.05, 3.63) is 81.9 Å². The van der Waals surface area contributed by atoms with E-state index in [9.17, 15) is 14.9 Å². The molecule has 4 rings (SSSR count). The molecular weight excluding hydrogens is 436 g/mol. The van der Waals surface area contributed by atoms with Crippen LogP contribution in [0, 0.1) is 11.3 Å². The van der Waals surface area contributed by atoms with E-state index in [1.54, 1.807) is 54.6 Å². The molecular formula is C23H15ClN2O4S. The van der Waals surface area contributed by atoms with Gasteiger partial charge in [-0.25, -0.2) is 0 Å². The summed E-state index contributed by atoms with van der Waals surface area (Å²) in [7, 11) is 0. The predicted octanol–water partition coefficient (Wildman–Crippen LogP) is 5.59. The summed E-state index contributed by atoms with van der Waals surface area (Å²) in [5.41, 5.74) is 1.15. The van der Waals surface area contributed by atoms with Crippen molar-refractivity contribution < 1.29 is 18.7 Å². The van der Waals surface area contributed by atoms with Crippen LogP contribution in [0.2, 0.25) is 5.02 Å². The predicted molar refractivity (Wildman–Crippen MR) is 118 cm³/mol. The van der Waals surface area contributed by atoms with E-state index in [2.05, 4.69) is 6.07 Å². The van der Waals surface area contributed by atoms with Gasteiger partial charge >= 0.3 is 0 Å². The minimum atomic E-state index is -0.409. The van der Waals surface area contributed by atoms with E-state index in [0.29, 0.717) is 33.4 Å². The third kappa shape index (κ3) is 4.50. The third-order valence-corrected chi connectivity index (χ3v) is 5.72. The number of halogens is 1. The molecule has 1 aliphatic rings. The molecule has 2 amide bonds. The Labute approximate surface area is 187 Å². The molecule has 3 aromatic rings. The fraction of sp³-hybridized carbons (Fsp3) is 0.0870. The SMILES string of the molecule is N#Cc1ccccc1-c1ccc(/C=C2\SC(=O)N(CCOc3ccccc3Cl)C2=O)o1. The first kappa shape index (κ1) is 20.8. The third-order valence-electron chi connectivity index (χ3n) is 4.50. The number of carbonyl (C=O) groups excluding carboxylic acids is 2. The van der Waals surface area contributed by atoms with E-state index in [-0.39, 0.29) is 23.3 Å². The molecule has 0 bridgehead atoms. The first-order chi connectivity index (χ1) is 15.1. The molecule has 2 aromatic carbocycles. The smallest absolute Gasteiger partial charge is 0.293 e. The average molecular weight is 451 g/mol. The van der Waals surface area contributed by atoms with Crippen molar-refractivity contribution in [1.29, 1.82) is 5.26 Å². The molecule has 0 radical (unpaired) electrons. The van der Waals surface area contributed by atoms with Gasteiger partial charge in [0, 0.05) is 11.6 Å². The Morgan fingerprint density at radius 2 is 1.87 bits per heavy atom. The number of thioether (sulfide) groups is 1. The van der Waals surface area contributed by atoms with Gasteiger partial charge in [-0.3, -0.25) is 14.5 Å². The number of carbonyl (C=O) groups is 2. The second-order valence-corrected chi connectivity index (χ2v) is 7.87. The molecule has 1 fully saturated rings. The molecule has 0 saturated carbocycles. The molecule has 2 heterocycles. The largest absolute Gasteiger partial charge is 0.490 e. The van der Waals surface area contributed by atoms with Crippen molar-refractivity contribution in [2.75, 3.05) is 13.2 Å². The summed E-state index contributed by atoms with van der Waals surface area (Å²) in [5.74, 6) is 1.01. The Morgan fingerprint density at radius 3 is 2.68 bits per heavy atom. The molecule has 0 N–H and O–H groups in total. The lowest BCUT2D eigenvalue weighted by Crippen LogP contribution is -2.32. The maximum absolute atomic E-state index is 12.7. The highest BCUT2D eigenvalue weighted by molar-refractivity contribution is 8.18. The molecule has 8 heteroatoms. The number of amides is 2. The van der Waals surface area contributed by atoms with E-state index in [1.807, 2.05) is 6.07 Å². The van der Waals surface area contributed by atoms with Gasteiger partial charge in [-0.15, -0.1) is 0 Å². The molecule has 0 aliphatic carbocycles. The summed E-state index contributed by atoms with van der Waals surface area (Å²) in [6.45, 7) is 0.233. The van der Waals surface area contributed by atoms with E-state index < -0.39 is 5.91 Å². The number of benzene rings is 2. The Bertz CT molecular complexity index is 1230. The number of imide groups is 1. The number of nitriles is 1. The van der Waals surface area contributed by atoms with Crippen LogP contribution in [0.4, 0.5) is 4.79 Å². The summed E-state index contributed by atoms with van der Waals surface area (Å²) < 4.78 is 11.4. The molecule has 6 nitrogen and oxygen atoms in total. The van der Waals surface area contributed by atoms with Crippen LogP contribution in [0.25, 0.3) is 17.4 Å². The highest BCUT2D eigenvalue weighted by Crippen LogP contribution is 2.34. The Morgan fingerprint density at radius 1 is 1.10 bits per heavy atom. The summed E-state index contributed by atoms with van der Waals surface area (Å²) in [4.78, 5) is 26.3. The molecule has 1 saturated heterocycles. The highest BCUT2D eigenvalue weighted by Gasteiger charge is 2.35. The zero-order chi connectivity index (χ0) is 21.8. The highest BCUT2D eigenvalue weighted by atomic mass is 35.5. The van der Waals surface area contributed by atoms with Crippen LogP contribution in [0.1, 0.15) is 11.3 Å². The van der Waals surface area contributed by atoms with E-state index in [4.69, 9.17) is 20.8 Å². The van der Waals surface area contributed by atoms with Crippen molar-refractivity contribution >= 4 is 40.6 Å². The van der Waals surface area contributed by atoms with E-state index >= 15 is 0 Å². The second kappa shape index (κ2) is 9.13. The summed E-state index contributed by atoms with van der Waals surface area (Å²) in [6, 6.07) is 19.6. The van der Waals surface area contributed by atoms with Gasteiger partial charge in [0.2, 0.25) is 0 Å². The first-order valence-corrected chi connectivity index (χ1v) is 10.5. The minimum absolute atomic E-state index is 0.103. The lowest BCUT2D eigenvalue weighted by molar-refractivity contribution is -0.123. The monoisotopic (exact) mass is 450 g/mol. The Hall–Kier alpha value is -3.47. The maximum atomic E-state index is 12.7. The minimum Gasteiger partial charge on any atom is -0.490 e. The first-order valence-electron chi connectivity index (χ1n) is 9.29. The molecule has 1 aromatic heterocycles. The quantitative estimate of drug-likeness (QED) is 0.455. The van der Waals surface area contributed by atoms with Gasteiger partial charge in [-0.05, 0) is 48.2 Å². The number of hydrogen-bond acceptors (Lipinski definition) is 6. The van der Waals surface area contributed by atoms with Gasteiger partial charge < -0.3 is 9.15 Å². The number of rotatable bonds is 6. The van der Waals surface area contributed by atoms with Crippen LogP contribution in [0.5, 0.6) is 5.75 Å². The van der Waals surface area contributed by atoms with Crippen LogP contribution in [0.3, 0.4) is 0 Å². The van der Waals surface area contributed by atoms with E-state index in [1.165, 1.54) is 6.08 Å². The summed E-state index contributed by atoms with van der Waals surface area (Å²) in [6.07, 6.45) is 1.53. The summed E-state index contributed by atoms with van der Waals surface area (Å²) in [5, 5.41) is 9.34. The van der Waals surface area contributed by atoms with Crippen LogP contribution in [-0.2, 0) is 4.79 Å². The van der Waals surface area contributed by atoms with Gasteiger partial charge in [0.05, 0.1) is 28.1 Å². The lowest BCUT2D eigenvalue weighted by Gasteiger charge is -2.13. The van der Waals surface area contributed by atoms with Crippen LogP contribution < -0.4 is 4.74 Å². The fourth-order valence-corrected chi connectivity index (χ4v) is 4.04. The van der Waals surface area contributed by atoms with Gasteiger partial charge in [0.15, 0.2) is 0 Å². The standard InChI is InChI=1S/C23H15ClN2O4S/c24-18-7-3-4-8-20(18)29-12-11-26-22(27)21(31-23(26)28)13-16-9-10-19(30-16)17-6-2-1-5-15(17)14-25/h1-10,13H,11-12H2/b21-13-. The number of para-hydroxylation sites is 1. The zero-order valence-electron chi connectivity index (χ0n) is 16.1. The van der Waals surface area contributed by atoms with Crippen molar-refractivity contribution in [3.8, 4) is 23.1 Å². The Kier molecular flexibility index (Phi) is 6.12. The maximum Gasteiger partial charge on any atom is 0.293 e. The number of ether oxygens (including phenoxy) is 1. The number of nitrogens with zero attached hydrogens (tertiary/aromatic N) is 2. The molecule has 154 valence electrons. The molecule has 0 unspecified atom stereocenters. The van der Waals surface area contributed by atoms with Crippen molar-refractivity contribution in [1.82, 2.24) is 4.90 Å². The molecule has 1 aliphatic heterocycles. The van der Waals surface area contributed by atoms with Crippen molar-refractivity contribution in [3.63, 3.8) is 0 Å². The molecule has 0 atom stereocenters.